The molecule has 2 atom stereocenters. The van der Waals surface area contributed by atoms with Gasteiger partial charge in [0.25, 0.3) is 0 Å². The normalized spacial score (nSPS) is 13.4. The van der Waals surface area contributed by atoms with Crippen LogP contribution in [0.25, 0.3) is 0 Å². The highest BCUT2D eigenvalue weighted by Gasteiger charge is 2.27. The van der Waals surface area contributed by atoms with Crippen molar-refractivity contribution in [3.05, 3.63) is 57.6 Å². The Morgan fingerprint density at radius 2 is 1.54 bits per heavy atom. The van der Waals surface area contributed by atoms with Crippen molar-refractivity contribution in [3.63, 3.8) is 0 Å². The fourth-order valence-electron chi connectivity index (χ4n) is 3.79. The third-order valence-electron chi connectivity index (χ3n) is 5.98. The van der Waals surface area contributed by atoms with Gasteiger partial charge in [-0.1, -0.05) is 56.1 Å². The summed E-state index contributed by atoms with van der Waals surface area (Å²) < 4.78 is 41.1. The molecular weight excluding hydrogens is 589 g/mol. The van der Waals surface area contributed by atoms with Crippen LogP contribution in [0, 0.1) is 5.92 Å². The van der Waals surface area contributed by atoms with Gasteiger partial charge >= 0.3 is 5.97 Å². The van der Waals surface area contributed by atoms with E-state index >= 15 is 0 Å². The van der Waals surface area contributed by atoms with Crippen LogP contribution in [0.3, 0.4) is 0 Å². The minimum Gasteiger partial charge on any atom is -0.493 e. The Hall–Kier alpha value is -2.20. The molecule has 39 heavy (non-hydrogen) atoms. The third-order valence-corrected chi connectivity index (χ3v) is 8.09. The number of amides is 1. The number of hydrogen-bond donors (Lipinski definition) is 0. The summed E-state index contributed by atoms with van der Waals surface area (Å²) in [5.41, 5.74) is 1.35. The van der Waals surface area contributed by atoms with E-state index in [9.17, 15) is 18.0 Å². The molecule has 0 heterocycles. The number of carbonyl (C=O) groups excluding carboxylic acids is 2. The summed E-state index contributed by atoms with van der Waals surface area (Å²) in [4.78, 5) is 22.9. The van der Waals surface area contributed by atoms with Crippen molar-refractivity contribution >= 4 is 56.7 Å². The van der Waals surface area contributed by atoms with Crippen molar-refractivity contribution in [2.45, 2.75) is 46.1 Å². The van der Waals surface area contributed by atoms with E-state index in [4.69, 9.17) is 49.0 Å². The molecule has 2 aromatic rings. The number of carbonyl (C=O) groups is 2. The largest absolute Gasteiger partial charge is 0.493 e. The number of benzene rings is 2. The Kier molecular flexibility index (Phi) is 11.8. The van der Waals surface area contributed by atoms with Gasteiger partial charge in [-0.3, -0.25) is 9.59 Å². The topological polar surface area (TPSA) is 99.2 Å². The second-order valence-corrected chi connectivity index (χ2v) is 12.9. The monoisotopic (exact) mass is 621 g/mol. The number of ether oxygens (including phenoxy) is 3. The number of sulfonamides is 1. The van der Waals surface area contributed by atoms with Crippen molar-refractivity contribution in [1.29, 1.82) is 0 Å². The zero-order valence-corrected chi connectivity index (χ0v) is 25.9. The van der Waals surface area contributed by atoms with Crippen LogP contribution >= 0.6 is 34.8 Å². The van der Waals surface area contributed by atoms with Crippen molar-refractivity contribution in [1.82, 2.24) is 4.31 Å². The Bertz CT molecular complexity index is 1240. The second kappa shape index (κ2) is 13.9. The predicted octanol–water partition coefficient (Wildman–Crippen LogP) is 5.69. The first-order valence-corrected chi connectivity index (χ1v) is 15.3. The molecule has 0 radical (unpaired) electrons. The number of esters is 1. The molecule has 1 amide bonds. The maximum atomic E-state index is 11.8. The molecule has 0 aromatic heterocycles. The van der Waals surface area contributed by atoms with Crippen LogP contribution in [0.4, 0.5) is 0 Å². The smallest absolute Gasteiger partial charge is 0.303 e. The first kappa shape index (κ1) is 33.0. The van der Waals surface area contributed by atoms with Crippen LogP contribution in [0.15, 0.2) is 36.4 Å². The number of alkyl halides is 1. The van der Waals surface area contributed by atoms with E-state index in [1.165, 1.54) is 13.8 Å². The zero-order valence-electron chi connectivity index (χ0n) is 22.8. The number of halogens is 3. The summed E-state index contributed by atoms with van der Waals surface area (Å²) >= 11 is 18.9. The molecule has 0 aliphatic heterocycles. The summed E-state index contributed by atoms with van der Waals surface area (Å²) in [6, 6.07) is 11.1. The second-order valence-electron chi connectivity index (χ2n) is 9.84. The van der Waals surface area contributed by atoms with E-state index in [2.05, 4.69) is 0 Å². The van der Waals surface area contributed by atoms with E-state index in [1.807, 2.05) is 45.0 Å². The lowest BCUT2D eigenvalue weighted by atomic mass is 9.78. The van der Waals surface area contributed by atoms with Crippen LogP contribution in [0.2, 0.25) is 10.0 Å². The molecule has 0 spiro atoms. The first-order chi connectivity index (χ1) is 18.1. The van der Waals surface area contributed by atoms with Gasteiger partial charge in [0.15, 0.2) is 5.75 Å². The summed E-state index contributed by atoms with van der Waals surface area (Å²) in [6.07, 6.45) is 0.371. The lowest BCUT2D eigenvalue weighted by Crippen LogP contribution is -2.38. The molecule has 0 aliphatic carbocycles. The Balaban J connectivity index is 2.10. The first-order valence-electron chi connectivity index (χ1n) is 12.1. The highest BCUT2D eigenvalue weighted by atomic mass is 35.5. The zero-order chi connectivity index (χ0) is 29.5. The Labute approximate surface area is 245 Å². The van der Waals surface area contributed by atoms with E-state index in [1.54, 1.807) is 12.1 Å². The minimum absolute atomic E-state index is 0.00633. The SMILES string of the molecule is CC(=O)O[C@@H](CCl)COc1c(Cl)cc(C(C)(C)c2ccc(OC[C@@H](C)CN(C(C)=O)S(C)(=O)=O)cc2)cc1Cl. The van der Waals surface area contributed by atoms with Gasteiger partial charge in [-0.05, 0) is 35.4 Å². The Morgan fingerprint density at radius 3 is 2.00 bits per heavy atom. The van der Waals surface area contributed by atoms with Crippen LogP contribution in [0.5, 0.6) is 11.5 Å². The van der Waals surface area contributed by atoms with Gasteiger partial charge in [-0.25, -0.2) is 12.7 Å². The molecule has 216 valence electrons. The van der Waals surface area contributed by atoms with E-state index in [0.29, 0.717) is 15.8 Å². The maximum Gasteiger partial charge on any atom is 0.303 e. The van der Waals surface area contributed by atoms with Gasteiger partial charge in [0, 0.05) is 31.7 Å². The molecule has 0 saturated carbocycles. The Morgan fingerprint density at radius 1 is 0.974 bits per heavy atom. The number of nitrogens with zero attached hydrogens (tertiary/aromatic N) is 1. The molecule has 12 heteroatoms. The number of hydrogen-bond acceptors (Lipinski definition) is 7. The van der Waals surface area contributed by atoms with Gasteiger partial charge < -0.3 is 14.2 Å². The summed E-state index contributed by atoms with van der Waals surface area (Å²) in [7, 11) is -3.63. The van der Waals surface area contributed by atoms with Crippen molar-refractivity contribution in [2.75, 3.05) is 31.9 Å². The molecule has 0 N–H and O–H groups in total. The molecular formula is C27H34Cl3NO7S. The average molecular weight is 623 g/mol. The van der Waals surface area contributed by atoms with Gasteiger partial charge in [0.1, 0.15) is 18.5 Å². The molecule has 0 bridgehead atoms. The van der Waals surface area contributed by atoms with E-state index < -0.39 is 33.4 Å². The van der Waals surface area contributed by atoms with Crippen LogP contribution < -0.4 is 9.47 Å². The number of rotatable bonds is 13. The summed E-state index contributed by atoms with van der Waals surface area (Å²) in [5, 5.41) is 0.619. The quantitative estimate of drug-likeness (QED) is 0.209. The van der Waals surface area contributed by atoms with Crippen molar-refractivity contribution in [2.24, 2.45) is 5.92 Å². The van der Waals surface area contributed by atoms with Gasteiger partial charge in [-0.15, -0.1) is 11.6 Å². The van der Waals surface area contributed by atoms with E-state index in [0.717, 1.165) is 21.7 Å². The standard InChI is InChI=1S/C27H34Cl3NO7S/c1-17(14-31(18(2)32)39(6,34)35)15-36-22-9-7-20(8-10-22)27(4,5)21-11-24(29)26(25(30)12-21)37-16-23(13-28)38-19(3)33/h7-12,17,23H,13-16H2,1-6H3/t17-,23-/m0/s1. The predicted molar refractivity (Wildman–Crippen MR) is 154 cm³/mol. The average Bonchev–Trinajstić information content (AvgIpc) is 2.83. The molecule has 0 saturated heterocycles. The third kappa shape index (κ3) is 9.45. The van der Waals surface area contributed by atoms with Crippen LogP contribution in [0.1, 0.15) is 45.7 Å². The molecule has 2 aromatic carbocycles. The highest BCUT2D eigenvalue weighted by molar-refractivity contribution is 7.88. The molecule has 0 unspecified atom stereocenters. The van der Waals surface area contributed by atoms with Gasteiger partial charge in [0.2, 0.25) is 15.9 Å². The maximum absolute atomic E-state index is 11.8. The molecule has 2 rings (SSSR count). The minimum atomic E-state index is -3.63. The molecule has 0 aliphatic rings. The highest BCUT2D eigenvalue weighted by Crippen LogP contribution is 2.40. The van der Waals surface area contributed by atoms with E-state index in [-0.39, 0.29) is 37.3 Å². The summed E-state index contributed by atoms with van der Waals surface area (Å²) in [5.74, 6) is -0.253. The summed E-state index contributed by atoms with van der Waals surface area (Å²) in [6.45, 7) is 8.66. The fraction of sp³-hybridized carbons (Fsp3) is 0.481. The van der Waals surface area contributed by atoms with Crippen molar-refractivity contribution in [3.8, 4) is 11.5 Å². The van der Waals surface area contributed by atoms with Crippen LogP contribution in [-0.4, -0.2) is 62.6 Å². The molecule has 8 nitrogen and oxygen atoms in total. The lowest BCUT2D eigenvalue weighted by molar-refractivity contribution is -0.146. The van der Waals surface area contributed by atoms with Gasteiger partial charge in [0.05, 0.1) is 28.8 Å². The van der Waals surface area contributed by atoms with Crippen LogP contribution in [-0.2, 0) is 29.8 Å². The molecule has 0 fully saturated rings. The fourth-order valence-corrected chi connectivity index (χ4v) is 5.53. The van der Waals surface area contributed by atoms with Crippen molar-refractivity contribution < 1.29 is 32.2 Å². The lowest BCUT2D eigenvalue weighted by Gasteiger charge is -2.28. The van der Waals surface area contributed by atoms with Gasteiger partial charge in [-0.2, -0.15) is 0 Å².